The molecule has 0 saturated carbocycles. The first-order chi connectivity index (χ1) is 17.1. The summed E-state index contributed by atoms with van der Waals surface area (Å²) in [5.41, 5.74) is 10.5. The van der Waals surface area contributed by atoms with Crippen LogP contribution in [-0.4, -0.2) is 47.6 Å². The molecule has 194 valence electrons. The lowest BCUT2D eigenvalue weighted by Gasteiger charge is -2.32. The molecule has 1 aliphatic rings. The lowest BCUT2D eigenvalue weighted by atomic mass is 9.76. The summed E-state index contributed by atoms with van der Waals surface area (Å²) < 4.78 is 21.9. The van der Waals surface area contributed by atoms with Crippen LogP contribution < -0.4 is 30.0 Å². The van der Waals surface area contributed by atoms with E-state index in [9.17, 15) is 0 Å². The monoisotopic (exact) mass is 484 g/mol. The number of nitrogens with two attached hydrogens (primary N) is 1. The molecular weight excluding hydrogens is 440 g/mol. The molecule has 0 saturated heterocycles. The first-order valence-corrected chi connectivity index (χ1v) is 13.0. The zero-order valence-corrected chi connectivity index (χ0v) is 22.0. The quantitative estimate of drug-likeness (QED) is 0.336. The van der Waals surface area contributed by atoms with E-state index in [-0.39, 0.29) is 6.04 Å². The molecule has 0 aromatic heterocycles. The maximum atomic E-state index is 6.54. The van der Waals surface area contributed by atoms with E-state index in [1.165, 1.54) is 42.4 Å². The Bertz CT molecular complexity index is 918. The normalized spacial score (nSPS) is 17.1. The Balaban J connectivity index is 1.31. The summed E-state index contributed by atoms with van der Waals surface area (Å²) in [6.07, 6.45) is 10.2. The average molecular weight is 485 g/mol. The molecule has 0 amide bonds. The van der Waals surface area contributed by atoms with Gasteiger partial charge in [0.25, 0.3) is 0 Å². The van der Waals surface area contributed by atoms with Crippen LogP contribution in [0, 0.1) is 0 Å². The lowest BCUT2D eigenvalue weighted by Crippen LogP contribution is -2.33. The zero-order valence-electron chi connectivity index (χ0n) is 22.0. The van der Waals surface area contributed by atoms with Crippen LogP contribution in [-0.2, 0) is 12.8 Å². The van der Waals surface area contributed by atoms with Crippen molar-refractivity contribution in [1.82, 2.24) is 5.32 Å². The van der Waals surface area contributed by atoms with Crippen molar-refractivity contribution in [1.29, 1.82) is 0 Å². The zero-order chi connectivity index (χ0) is 25.0. The van der Waals surface area contributed by atoms with E-state index in [1.54, 1.807) is 28.4 Å². The maximum absolute atomic E-state index is 6.54. The number of methoxy groups -OCH3 is 4. The second-order valence-corrected chi connectivity index (χ2v) is 9.42. The Kier molecular flexibility index (Phi) is 11.0. The Morgan fingerprint density at radius 1 is 0.800 bits per heavy atom. The van der Waals surface area contributed by atoms with Gasteiger partial charge >= 0.3 is 0 Å². The second-order valence-electron chi connectivity index (χ2n) is 9.42. The summed E-state index contributed by atoms with van der Waals surface area (Å²) in [5, 5.41) is 3.59. The van der Waals surface area contributed by atoms with Crippen LogP contribution in [0.15, 0.2) is 30.3 Å². The smallest absolute Gasteiger partial charge is 0.164 e. The number of benzene rings is 2. The molecule has 0 spiro atoms. The van der Waals surface area contributed by atoms with E-state index in [0.29, 0.717) is 5.92 Å². The highest BCUT2D eigenvalue weighted by Crippen LogP contribution is 2.43. The summed E-state index contributed by atoms with van der Waals surface area (Å²) in [7, 11) is 6.77. The molecule has 0 fully saturated rings. The number of unbranched alkanes of at least 4 members (excludes halogenated alkanes) is 3. The number of hydrogen-bond donors (Lipinski definition) is 2. The van der Waals surface area contributed by atoms with Crippen molar-refractivity contribution in [2.45, 2.75) is 69.7 Å². The van der Waals surface area contributed by atoms with Gasteiger partial charge in [-0.15, -0.1) is 0 Å². The van der Waals surface area contributed by atoms with E-state index in [0.717, 1.165) is 68.2 Å². The third kappa shape index (κ3) is 7.28. The highest BCUT2D eigenvalue weighted by molar-refractivity contribution is 5.53. The molecule has 0 bridgehead atoms. The Morgan fingerprint density at radius 2 is 1.51 bits per heavy atom. The average Bonchev–Trinajstić information content (AvgIpc) is 2.89. The molecule has 35 heavy (non-hydrogen) atoms. The fourth-order valence-corrected chi connectivity index (χ4v) is 5.27. The minimum atomic E-state index is 0.230. The van der Waals surface area contributed by atoms with Crippen molar-refractivity contribution in [2.75, 3.05) is 41.5 Å². The third-order valence-corrected chi connectivity index (χ3v) is 7.21. The first-order valence-electron chi connectivity index (χ1n) is 13.0. The number of fused-ring (bicyclic) bond motifs is 1. The van der Waals surface area contributed by atoms with Gasteiger partial charge in [0.2, 0.25) is 0 Å². The van der Waals surface area contributed by atoms with Crippen molar-refractivity contribution in [3.05, 3.63) is 47.0 Å². The number of aryl methyl sites for hydroxylation is 1. The van der Waals surface area contributed by atoms with Crippen LogP contribution >= 0.6 is 0 Å². The molecule has 2 aromatic carbocycles. The van der Waals surface area contributed by atoms with Gasteiger partial charge in [0.1, 0.15) is 0 Å². The van der Waals surface area contributed by atoms with E-state index in [4.69, 9.17) is 24.7 Å². The largest absolute Gasteiger partial charge is 0.493 e. The van der Waals surface area contributed by atoms with Gasteiger partial charge in [-0.3, -0.25) is 0 Å². The summed E-state index contributed by atoms with van der Waals surface area (Å²) in [4.78, 5) is 0. The van der Waals surface area contributed by atoms with Gasteiger partial charge in [-0.2, -0.15) is 0 Å². The third-order valence-electron chi connectivity index (χ3n) is 7.21. The molecule has 3 N–H and O–H groups in total. The SMILES string of the molecule is COc1ccc(CCCNCCCCCCC2c3ccc(OC)c(OC)c3CCC2N)cc1OC. The first kappa shape index (κ1) is 27.2. The molecule has 3 rings (SSSR count). The molecule has 0 radical (unpaired) electrons. The topological polar surface area (TPSA) is 75.0 Å². The predicted molar refractivity (Wildman–Crippen MR) is 142 cm³/mol. The summed E-state index contributed by atoms with van der Waals surface area (Å²) in [6.45, 7) is 2.11. The fraction of sp³-hybridized carbons (Fsp3) is 0.586. The molecule has 0 aliphatic heterocycles. The van der Waals surface area contributed by atoms with Gasteiger partial charge in [-0.25, -0.2) is 0 Å². The molecule has 1 aliphatic carbocycles. The highest BCUT2D eigenvalue weighted by Gasteiger charge is 2.29. The minimum Gasteiger partial charge on any atom is -0.493 e. The van der Waals surface area contributed by atoms with Crippen LogP contribution in [0.4, 0.5) is 0 Å². The van der Waals surface area contributed by atoms with E-state index in [1.807, 2.05) is 12.1 Å². The molecule has 2 atom stereocenters. The minimum absolute atomic E-state index is 0.230. The Labute approximate surface area is 211 Å². The second kappa shape index (κ2) is 14.2. The predicted octanol–water partition coefficient (Wildman–Crippen LogP) is 5.25. The number of ether oxygens (including phenoxy) is 4. The molecule has 2 aromatic rings. The van der Waals surface area contributed by atoms with Crippen LogP contribution in [0.2, 0.25) is 0 Å². The van der Waals surface area contributed by atoms with Crippen LogP contribution in [0.25, 0.3) is 0 Å². The molecule has 0 heterocycles. The van der Waals surface area contributed by atoms with Crippen molar-refractivity contribution in [3.8, 4) is 23.0 Å². The molecule has 2 unspecified atom stereocenters. The van der Waals surface area contributed by atoms with Gasteiger partial charge in [-0.05, 0) is 86.9 Å². The Hall–Kier alpha value is -2.44. The van der Waals surface area contributed by atoms with Gasteiger partial charge in [-0.1, -0.05) is 31.4 Å². The number of hydrogen-bond acceptors (Lipinski definition) is 6. The summed E-state index contributed by atoms with van der Waals surface area (Å²) in [6, 6.07) is 10.6. The summed E-state index contributed by atoms with van der Waals surface area (Å²) >= 11 is 0. The number of nitrogens with one attached hydrogen (secondary N) is 1. The van der Waals surface area contributed by atoms with Gasteiger partial charge in [0, 0.05) is 11.6 Å². The van der Waals surface area contributed by atoms with Gasteiger partial charge in [0.15, 0.2) is 23.0 Å². The van der Waals surface area contributed by atoms with Crippen molar-refractivity contribution in [3.63, 3.8) is 0 Å². The van der Waals surface area contributed by atoms with Gasteiger partial charge in [0.05, 0.1) is 28.4 Å². The maximum Gasteiger partial charge on any atom is 0.164 e. The van der Waals surface area contributed by atoms with Crippen LogP contribution in [0.1, 0.15) is 67.6 Å². The lowest BCUT2D eigenvalue weighted by molar-refractivity contribution is 0.343. The number of rotatable bonds is 15. The van der Waals surface area contributed by atoms with Crippen LogP contribution in [0.5, 0.6) is 23.0 Å². The van der Waals surface area contributed by atoms with Crippen LogP contribution in [0.3, 0.4) is 0 Å². The summed E-state index contributed by atoms with van der Waals surface area (Å²) in [5.74, 6) is 3.70. The van der Waals surface area contributed by atoms with Gasteiger partial charge < -0.3 is 30.0 Å². The van der Waals surface area contributed by atoms with Crippen molar-refractivity contribution in [2.24, 2.45) is 5.73 Å². The molecule has 6 heteroatoms. The van der Waals surface area contributed by atoms with Crippen molar-refractivity contribution < 1.29 is 18.9 Å². The standard InChI is InChI=1S/C29H44N2O4/c1-32-26-16-12-21(20-28(26)34-3)10-9-19-31-18-8-6-5-7-11-23-22-14-17-27(33-2)29(35-4)24(22)13-15-25(23)30/h12,14,16-17,20,23,25,31H,5-11,13,15,18-19,30H2,1-4H3. The van der Waals surface area contributed by atoms with E-state index >= 15 is 0 Å². The molecule has 6 nitrogen and oxygen atoms in total. The molecular formula is C29H44N2O4. The Morgan fingerprint density at radius 3 is 2.26 bits per heavy atom. The van der Waals surface area contributed by atoms with E-state index < -0.39 is 0 Å². The van der Waals surface area contributed by atoms with E-state index in [2.05, 4.69) is 23.5 Å². The van der Waals surface area contributed by atoms with Crippen molar-refractivity contribution >= 4 is 0 Å². The fourth-order valence-electron chi connectivity index (χ4n) is 5.27. The highest BCUT2D eigenvalue weighted by atomic mass is 16.5.